The molecule has 66 valence electrons. The van der Waals surface area contributed by atoms with Gasteiger partial charge in [-0.15, -0.1) is 0 Å². The molecule has 0 aromatic heterocycles. The highest BCUT2D eigenvalue weighted by atomic mass is 16.2. The largest absolute Gasteiger partial charge is 0.325 e. The lowest BCUT2D eigenvalue weighted by Gasteiger charge is -2.15. The summed E-state index contributed by atoms with van der Waals surface area (Å²) in [6.07, 6.45) is 0. The van der Waals surface area contributed by atoms with E-state index in [1.807, 2.05) is 33.8 Å². The van der Waals surface area contributed by atoms with Crippen LogP contribution in [0.5, 0.6) is 0 Å². The topological polar surface area (TPSA) is 29.1 Å². The van der Waals surface area contributed by atoms with Crippen molar-refractivity contribution in [2.24, 2.45) is 0 Å². The Morgan fingerprint density at radius 2 is 2.08 bits per heavy atom. The van der Waals surface area contributed by atoms with E-state index in [4.69, 9.17) is 0 Å². The lowest BCUT2D eigenvalue weighted by molar-refractivity contribution is -0.119. The van der Waals surface area contributed by atoms with Crippen molar-refractivity contribution in [2.45, 2.75) is 19.3 Å². The van der Waals surface area contributed by atoms with Crippen LogP contribution in [0.3, 0.4) is 0 Å². The SMILES string of the molecule is Bc1ccc2c(c1)C(C)(C)C(=O)N2. The van der Waals surface area contributed by atoms with Gasteiger partial charge in [-0.05, 0) is 25.5 Å². The average molecular weight is 173 g/mol. The minimum Gasteiger partial charge on any atom is -0.325 e. The molecule has 0 spiro atoms. The van der Waals surface area contributed by atoms with Gasteiger partial charge in [0.1, 0.15) is 7.85 Å². The molecule has 0 fully saturated rings. The van der Waals surface area contributed by atoms with Gasteiger partial charge in [-0.25, -0.2) is 0 Å². The molecule has 0 unspecified atom stereocenters. The molecule has 3 heteroatoms. The van der Waals surface area contributed by atoms with Crippen LogP contribution in [0.1, 0.15) is 19.4 Å². The Kier molecular flexibility index (Phi) is 1.53. The molecule has 2 nitrogen and oxygen atoms in total. The number of hydrogen-bond acceptors (Lipinski definition) is 1. The second-order valence-electron chi connectivity index (χ2n) is 4.13. The first kappa shape index (κ1) is 8.36. The van der Waals surface area contributed by atoms with Gasteiger partial charge in [0.05, 0.1) is 5.41 Å². The smallest absolute Gasteiger partial charge is 0.234 e. The van der Waals surface area contributed by atoms with Crippen LogP contribution in [0.2, 0.25) is 0 Å². The van der Waals surface area contributed by atoms with Gasteiger partial charge in [-0.1, -0.05) is 17.6 Å². The van der Waals surface area contributed by atoms with Crippen LogP contribution in [0.4, 0.5) is 5.69 Å². The molecule has 0 saturated carbocycles. The monoisotopic (exact) mass is 173 g/mol. The Hall–Kier alpha value is -1.25. The van der Waals surface area contributed by atoms with E-state index in [9.17, 15) is 4.79 Å². The molecule has 1 N–H and O–H groups in total. The fourth-order valence-corrected chi connectivity index (χ4v) is 1.69. The number of carbonyl (C=O) groups is 1. The molecule has 2 rings (SSSR count). The maximum atomic E-state index is 11.6. The van der Waals surface area contributed by atoms with Crippen LogP contribution < -0.4 is 10.8 Å². The third kappa shape index (κ3) is 1.07. The summed E-state index contributed by atoms with van der Waals surface area (Å²) in [5.41, 5.74) is 2.89. The molecule has 1 amide bonds. The molecule has 0 bridgehead atoms. The second kappa shape index (κ2) is 2.38. The van der Waals surface area contributed by atoms with Crippen LogP contribution in [-0.4, -0.2) is 13.8 Å². The van der Waals surface area contributed by atoms with Crippen molar-refractivity contribution in [3.63, 3.8) is 0 Å². The average Bonchev–Trinajstić information content (AvgIpc) is 2.27. The zero-order chi connectivity index (χ0) is 9.64. The minimum absolute atomic E-state index is 0.0908. The van der Waals surface area contributed by atoms with E-state index in [1.165, 1.54) is 5.46 Å². The Morgan fingerprint density at radius 3 is 2.77 bits per heavy atom. The first-order chi connectivity index (χ1) is 6.01. The van der Waals surface area contributed by atoms with Crippen LogP contribution in [0.25, 0.3) is 0 Å². The fourth-order valence-electron chi connectivity index (χ4n) is 1.69. The molecule has 1 aliphatic rings. The molecular formula is C10H12BNO. The van der Waals surface area contributed by atoms with Crippen LogP contribution in [0.15, 0.2) is 18.2 Å². The van der Waals surface area contributed by atoms with Crippen molar-refractivity contribution in [3.8, 4) is 0 Å². The van der Waals surface area contributed by atoms with Crippen molar-refractivity contribution in [1.82, 2.24) is 0 Å². The van der Waals surface area contributed by atoms with E-state index in [1.54, 1.807) is 0 Å². The maximum Gasteiger partial charge on any atom is 0.234 e. The third-order valence-corrected chi connectivity index (χ3v) is 2.66. The van der Waals surface area contributed by atoms with Gasteiger partial charge in [0, 0.05) is 5.69 Å². The number of hydrogen-bond donors (Lipinski definition) is 1. The first-order valence-corrected chi connectivity index (χ1v) is 4.44. The summed E-state index contributed by atoms with van der Waals surface area (Å²) in [7, 11) is 2.04. The van der Waals surface area contributed by atoms with E-state index in [0.717, 1.165) is 11.3 Å². The van der Waals surface area contributed by atoms with E-state index >= 15 is 0 Å². The third-order valence-electron chi connectivity index (χ3n) is 2.66. The maximum absolute atomic E-state index is 11.6. The Bertz CT molecular complexity index is 385. The molecule has 1 aliphatic heterocycles. The molecule has 1 aromatic rings. The summed E-state index contributed by atoms with van der Waals surface area (Å²) >= 11 is 0. The molecule has 0 aliphatic carbocycles. The zero-order valence-electron chi connectivity index (χ0n) is 8.14. The number of benzene rings is 1. The van der Waals surface area contributed by atoms with Gasteiger partial charge in [-0.3, -0.25) is 4.79 Å². The Morgan fingerprint density at radius 1 is 1.38 bits per heavy atom. The quantitative estimate of drug-likeness (QED) is 0.557. The van der Waals surface area contributed by atoms with Crippen LogP contribution >= 0.6 is 0 Å². The molecule has 13 heavy (non-hydrogen) atoms. The minimum atomic E-state index is -0.374. The molecule has 0 radical (unpaired) electrons. The van der Waals surface area contributed by atoms with E-state index in [0.29, 0.717) is 0 Å². The lowest BCUT2D eigenvalue weighted by atomic mass is 9.83. The number of amides is 1. The fraction of sp³-hybridized carbons (Fsp3) is 0.300. The summed E-state index contributed by atoms with van der Waals surface area (Å²) in [6.45, 7) is 3.90. The molecule has 0 saturated heterocycles. The number of carbonyl (C=O) groups excluding carboxylic acids is 1. The lowest BCUT2D eigenvalue weighted by Crippen LogP contribution is -2.27. The van der Waals surface area contributed by atoms with Crippen LogP contribution in [-0.2, 0) is 10.2 Å². The highest BCUT2D eigenvalue weighted by Crippen LogP contribution is 2.35. The van der Waals surface area contributed by atoms with Gasteiger partial charge in [0.25, 0.3) is 0 Å². The molecule has 1 heterocycles. The molecular weight excluding hydrogens is 161 g/mol. The van der Waals surface area contributed by atoms with Gasteiger partial charge < -0.3 is 5.32 Å². The van der Waals surface area contributed by atoms with Gasteiger partial charge in [0.15, 0.2) is 0 Å². The normalized spacial score (nSPS) is 18.2. The number of anilines is 1. The van der Waals surface area contributed by atoms with Crippen molar-refractivity contribution in [3.05, 3.63) is 23.8 Å². The van der Waals surface area contributed by atoms with Crippen molar-refractivity contribution in [1.29, 1.82) is 0 Å². The van der Waals surface area contributed by atoms with Gasteiger partial charge in [0.2, 0.25) is 5.91 Å². The summed E-state index contributed by atoms with van der Waals surface area (Å²) in [6, 6.07) is 6.06. The molecule has 0 atom stereocenters. The highest BCUT2D eigenvalue weighted by molar-refractivity contribution is 6.32. The first-order valence-electron chi connectivity index (χ1n) is 4.44. The van der Waals surface area contributed by atoms with Crippen LogP contribution in [0, 0.1) is 0 Å². The summed E-state index contributed by atoms with van der Waals surface area (Å²) < 4.78 is 0. The second-order valence-corrected chi connectivity index (χ2v) is 4.13. The number of rotatable bonds is 0. The number of nitrogens with one attached hydrogen (secondary N) is 1. The standard InChI is InChI=1S/C10H12BNO/c1-10(2)7-5-6(11)3-4-8(7)12-9(10)13/h3-5H,11H2,1-2H3,(H,12,13). The van der Waals surface area contributed by atoms with Crippen molar-refractivity contribution in [2.75, 3.05) is 5.32 Å². The van der Waals surface area contributed by atoms with Crippen molar-refractivity contribution < 1.29 is 4.79 Å². The molecule has 1 aromatic carbocycles. The van der Waals surface area contributed by atoms with Crippen molar-refractivity contribution >= 4 is 24.9 Å². The summed E-state index contributed by atoms with van der Waals surface area (Å²) in [5.74, 6) is 0.0908. The zero-order valence-corrected chi connectivity index (χ0v) is 8.14. The predicted molar refractivity (Wildman–Crippen MR) is 56.3 cm³/mol. The van der Waals surface area contributed by atoms with E-state index in [2.05, 4.69) is 11.4 Å². The summed E-state index contributed by atoms with van der Waals surface area (Å²) in [5, 5.41) is 2.88. The van der Waals surface area contributed by atoms with E-state index < -0.39 is 0 Å². The Labute approximate surface area is 78.7 Å². The highest BCUT2D eigenvalue weighted by Gasteiger charge is 2.37. The van der Waals surface area contributed by atoms with E-state index in [-0.39, 0.29) is 11.3 Å². The summed E-state index contributed by atoms with van der Waals surface area (Å²) in [4.78, 5) is 11.6. The Balaban J connectivity index is 2.64. The van der Waals surface area contributed by atoms with Gasteiger partial charge in [-0.2, -0.15) is 0 Å². The number of fused-ring (bicyclic) bond motifs is 1. The predicted octanol–water partition coefficient (Wildman–Crippen LogP) is 0.175. The van der Waals surface area contributed by atoms with Gasteiger partial charge >= 0.3 is 0 Å².